The molecular formula is C15H30Y-2. The van der Waals surface area contributed by atoms with Crippen molar-refractivity contribution in [2.24, 2.45) is 28.6 Å². The second-order valence-corrected chi connectivity index (χ2v) is 6.94. The van der Waals surface area contributed by atoms with Crippen molar-refractivity contribution in [1.29, 1.82) is 0 Å². The molecule has 16 heavy (non-hydrogen) atoms. The first kappa shape index (κ1) is 19.4. The van der Waals surface area contributed by atoms with Gasteiger partial charge in [0.15, 0.2) is 0 Å². The molecule has 0 aliphatic carbocycles. The molecule has 1 unspecified atom stereocenters. The van der Waals surface area contributed by atoms with Gasteiger partial charge in [-0.05, 0) is 5.92 Å². The summed E-state index contributed by atoms with van der Waals surface area (Å²) in [5.74, 6) is 1.93. The first-order valence-corrected chi connectivity index (χ1v) is 6.20. The van der Waals surface area contributed by atoms with Gasteiger partial charge in [0.25, 0.3) is 0 Å². The standard InChI is InChI=1S/C15H30.Y/c1-11(2)10-15(8,9)13(12(3)4)14(5,6)7;/h10-13H,5H2,1-4,6-9H3;/q-2;. The van der Waals surface area contributed by atoms with Crippen LogP contribution in [0.3, 0.4) is 0 Å². The van der Waals surface area contributed by atoms with Crippen LogP contribution in [0.15, 0.2) is 0 Å². The SMILES string of the molecule is [CH2-]C(C)(C)C(C(C)C)C(C)(C)[CH-]C(C)C.[Y]. The molecule has 0 saturated heterocycles. The van der Waals surface area contributed by atoms with Crippen molar-refractivity contribution in [3.05, 3.63) is 13.3 Å². The molecule has 0 aromatic heterocycles. The largest absolute Gasteiger partial charge is 0.338 e. The molecule has 0 amide bonds. The summed E-state index contributed by atoms with van der Waals surface area (Å²) in [6.07, 6.45) is 2.48. The third-order valence-electron chi connectivity index (χ3n) is 3.07. The molecule has 0 aliphatic heterocycles. The molecule has 0 rings (SSSR count). The Kier molecular flexibility index (Phi) is 8.36. The van der Waals surface area contributed by atoms with E-state index in [1.54, 1.807) is 0 Å². The zero-order chi connectivity index (χ0) is 12.4. The Morgan fingerprint density at radius 2 is 1.31 bits per heavy atom. The van der Waals surface area contributed by atoms with E-state index in [0.29, 0.717) is 17.8 Å². The van der Waals surface area contributed by atoms with Gasteiger partial charge in [-0.1, -0.05) is 61.3 Å². The van der Waals surface area contributed by atoms with Gasteiger partial charge in [-0.3, -0.25) is 0 Å². The maximum atomic E-state index is 4.35. The molecule has 1 atom stereocenters. The van der Waals surface area contributed by atoms with E-state index in [-0.39, 0.29) is 43.5 Å². The van der Waals surface area contributed by atoms with Gasteiger partial charge in [-0.2, -0.15) is 16.7 Å². The fourth-order valence-corrected chi connectivity index (χ4v) is 3.73. The van der Waals surface area contributed by atoms with Gasteiger partial charge in [0.1, 0.15) is 0 Å². The fraction of sp³-hybridized carbons (Fsp3) is 0.867. The van der Waals surface area contributed by atoms with Gasteiger partial charge in [-0.15, -0.1) is 0 Å². The van der Waals surface area contributed by atoms with Gasteiger partial charge >= 0.3 is 0 Å². The second kappa shape index (κ2) is 6.88. The van der Waals surface area contributed by atoms with E-state index < -0.39 is 0 Å². The summed E-state index contributed by atoms with van der Waals surface area (Å²) in [7, 11) is 0. The van der Waals surface area contributed by atoms with Gasteiger partial charge in [0, 0.05) is 32.7 Å². The molecule has 0 saturated carbocycles. The zero-order valence-electron chi connectivity index (χ0n) is 12.6. The molecule has 1 heteroatoms. The topological polar surface area (TPSA) is 0 Å². The molecule has 0 aliphatic rings. The Balaban J connectivity index is 0. The predicted octanol–water partition coefficient (Wildman–Crippen LogP) is 5.00. The van der Waals surface area contributed by atoms with Gasteiger partial charge in [0.2, 0.25) is 0 Å². The third-order valence-corrected chi connectivity index (χ3v) is 3.07. The fourth-order valence-electron chi connectivity index (χ4n) is 3.73. The first-order valence-electron chi connectivity index (χ1n) is 6.20. The van der Waals surface area contributed by atoms with Crippen LogP contribution in [0.2, 0.25) is 0 Å². The Morgan fingerprint density at radius 3 is 1.50 bits per heavy atom. The van der Waals surface area contributed by atoms with E-state index in [0.717, 1.165) is 0 Å². The van der Waals surface area contributed by atoms with Crippen molar-refractivity contribution >= 4 is 0 Å². The van der Waals surface area contributed by atoms with Crippen LogP contribution in [0.4, 0.5) is 0 Å². The quantitative estimate of drug-likeness (QED) is 0.626. The minimum absolute atomic E-state index is 0. The molecular weight excluding hydrogens is 269 g/mol. The summed E-state index contributed by atoms with van der Waals surface area (Å²) < 4.78 is 0. The van der Waals surface area contributed by atoms with Crippen LogP contribution in [0, 0.1) is 41.9 Å². The molecule has 0 aromatic rings. The van der Waals surface area contributed by atoms with E-state index in [1.807, 2.05) is 0 Å². The average Bonchev–Trinajstić information content (AvgIpc) is 1.74. The van der Waals surface area contributed by atoms with E-state index in [2.05, 4.69) is 68.7 Å². The van der Waals surface area contributed by atoms with Crippen molar-refractivity contribution in [1.82, 2.24) is 0 Å². The summed E-state index contributed by atoms with van der Waals surface area (Å²) in [6.45, 7) is 22.7. The molecule has 0 aromatic carbocycles. The predicted molar refractivity (Wildman–Crippen MR) is 70.4 cm³/mol. The number of hydrogen-bond donors (Lipinski definition) is 0. The van der Waals surface area contributed by atoms with Crippen LogP contribution < -0.4 is 0 Å². The summed E-state index contributed by atoms with van der Waals surface area (Å²) in [5.41, 5.74) is 0.386. The normalized spacial score (nSPS) is 15.2. The Hall–Kier alpha value is 1.10. The summed E-state index contributed by atoms with van der Waals surface area (Å²) in [4.78, 5) is 0. The average molecular weight is 299 g/mol. The van der Waals surface area contributed by atoms with Crippen LogP contribution in [0.1, 0.15) is 55.4 Å². The monoisotopic (exact) mass is 299 g/mol. The van der Waals surface area contributed by atoms with E-state index in [9.17, 15) is 0 Å². The zero-order valence-corrected chi connectivity index (χ0v) is 15.4. The maximum Gasteiger partial charge on any atom is 0 e. The van der Waals surface area contributed by atoms with Crippen LogP contribution in [-0.4, -0.2) is 0 Å². The van der Waals surface area contributed by atoms with E-state index >= 15 is 0 Å². The minimum atomic E-state index is 0. The van der Waals surface area contributed by atoms with Crippen LogP contribution in [-0.2, 0) is 32.7 Å². The molecule has 0 spiro atoms. The Morgan fingerprint density at radius 1 is 0.938 bits per heavy atom. The molecule has 0 N–H and O–H groups in total. The van der Waals surface area contributed by atoms with Crippen molar-refractivity contribution in [3.8, 4) is 0 Å². The molecule has 0 nitrogen and oxygen atoms in total. The van der Waals surface area contributed by atoms with Gasteiger partial charge in [0.05, 0.1) is 0 Å². The Labute approximate surface area is 129 Å². The summed E-state index contributed by atoms with van der Waals surface area (Å²) >= 11 is 0. The molecule has 0 bridgehead atoms. The maximum absolute atomic E-state index is 4.35. The van der Waals surface area contributed by atoms with E-state index in [1.165, 1.54) is 0 Å². The van der Waals surface area contributed by atoms with Crippen molar-refractivity contribution in [3.63, 3.8) is 0 Å². The minimum Gasteiger partial charge on any atom is -0.338 e. The molecule has 95 valence electrons. The Bertz CT molecular complexity index is 184. The first-order chi connectivity index (χ1) is 6.48. The molecule has 1 radical (unpaired) electrons. The molecule has 0 heterocycles. The van der Waals surface area contributed by atoms with Crippen LogP contribution >= 0.6 is 0 Å². The van der Waals surface area contributed by atoms with Crippen molar-refractivity contribution in [2.75, 3.05) is 0 Å². The van der Waals surface area contributed by atoms with Crippen molar-refractivity contribution < 1.29 is 32.7 Å². The van der Waals surface area contributed by atoms with Crippen molar-refractivity contribution in [2.45, 2.75) is 55.4 Å². The van der Waals surface area contributed by atoms with Gasteiger partial charge < -0.3 is 13.3 Å². The summed E-state index contributed by atoms with van der Waals surface area (Å²) in [6, 6.07) is 0. The third kappa shape index (κ3) is 6.15. The van der Waals surface area contributed by atoms with Crippen LogP contribution in [0.25, 0.3) is 0 Å². The number of hydrogen-bond acceptors (Lipinski definition) is 0. The second-order valence-electron chi connectivity index (χ2n) is 6.94. The number of rotatable bonds is 5. The van der Waals surface area contributed by atoms with E-state index in [4.69, 9.17) is 0 Å². The molecule has 0 fully saturated rings. The van der Waals surface area contributed by atoms with Crippen LogP contribution in [0.5, 0.6) is 0 Å². The summed E-state index contributed by atoms with van der Waals surface area (Å²) in [5, 5.41) is 0. The smallest absolute Gasteiger partial charge is 0 e. The van der Waals surface area contributed by atoms with Gasteiger partial charge in [-0.25, -0.2) is 0 Å².